The first-order valence-corrected chi connectivity index (χ1v) is 7.21. The van der Waals surface area contributed by atoms with Crippen molar-refractivity contribution in [2.45, 2.75) is 18.2 Å². The molecule has 0 saturated carbocycles. The number of hydrogen-bond donors (Lipinski definition) is 1. The predicted molar refractivity (Wildman–Crippen MR) is 83.5 cm³/mol. The van der Waals surface area contributed by atoms with Gasteiger partial charge in [-0.25, -0.2) is 0 Å². The molecule has 1 aromatic carbocycles. The van der Waals surface area contributed by atoms with E-state index < -0.39 is 17.6 Å². The van der Waals surface area contributed by atoms with E-state index in [0.29, 0.717) is 16.1 Å². The second kappa shape index (κ2) is 6.36. The van der Waals surface area contributed by atoms with Crippen LogP contribution in [0, 0.1) is 0 Å². The summed E-state index contributed by atoms with van der Waals surface area (Å²) in [5.41, 5.74) is -0.181. The molecule has 2 unspecified atom stereocenters. The number of carboxylic acid groups (broad SMARTS) is 1. The zero-order chi connectivity index (χ0) is 16.3. The van der Waals surface area contributed by atoms with Crippen molar-refractivity contribution in [1.82, 2.24) is 5.16 Å². The number of aliphatic imine (C=N–C) groups is 1. The lowest BCUT2D eigenvalue weighted by Gasteiger charge is -2.34. The van der Waals surface area contributed by atoms with Crippen molar-refractivity contribution in [1.29, 1.82) is 0 Å². The Hall–Kier alpha value is -2.44. The van der Waals surface area contributed by atoms with Gasteiger partial charge in [-0.3, -0.25) is 9.79 Å². The second-order valence-electron chi connectivity index (χ2n) is 5.03. The summed E-state index contributed by atoms with van der Waals surface area (Å²) in [6.07, 6.45) is 6.72. The summed E-state index contributed by atoms with van der Waals surface area (Å²) in [5.74, 6) is -1.05. The van der Waals surface area contributed by atoms with Crippen LogP contribution in [0.5, 0.6) is 0 Å². The molecule has 6 nitrogen and oxygen atoms in total. The van der Waals surface area contributed by atoms with Gasteiger partial charge in [0.15, 0.2) is 11.6 Å². The maximum atomic E-state index is 12.1. The summed E-state index contributed by atoms with van der Waals surface area (Å²) in [6.45, 7) is 0.141. The number of carbonyl (C=O) groups is 1. The van der Waals surface area contributed by atoms with Gasteiger partial charge in [-0.1, -0.05) is 35.0 Å². The zero-order valence-corrected chi connectivity index (χ0v) is 12.7. The number of aliphatic carboxylic acids is 1. The van der Waals surface area contributed by atoms with Crippen LogP contribution >= 0.6 is 11.6 Å². The Labute approximate surface area is 137 Å². The van der Waals surface area contributed by atoms with Gasteiger partial charge in [-0.2, -0.15) is 0 Å². The number of ether oxygens (including phenoxy) is 1. The van der Waals surface area contributed by atoms with E-state index in [0.717, 1.165) is 0 Å². The molecule has 1 aromatic heterocycles. The van der Waals surface area contributed by atoms with Gasteiger partial charge in [0.25, 0.3) is 0 Å². The summed E-state index contributed by atoms with van der Waals surface area (Å²) < 4.78 is 10.5. The molecule has 0 saturated heterocycles. The van der Waals surface area contributed by atoms with Crippen LogP contribution in [-0.4, -0.2) is 28.7 Å². The van der Waals surface area contributed by atoms with Gasteiger partial charge < -0.3 is 14.4 Å². The van der Waals surface area contributed by atoms with Crippen LogP contribution in [-0.2, 0) is 21.6 Å². The lowest BCUT2D eigenvalue weighted by molar-refractivity contribution is -0.148. The molecule has 118 valence electrons. The van der Waals surface area contributed by atoms with Crippen LogP contribution < -0.4 is 0 Å². The van der Waals surface area contributed by atoms with E-state index in [9.17, 15) is 9.90 Å². The molecule has 1 aliphatic rings. The van der Waals surface area contributed by atoms with Crippen molar-refractivity contribution in [2.24, 2.45) is 4.99 Å². The SMILES string of the molecule is O=C(O)C1(c2ccc(Cl)cc2)C=CC=NC1OCc1cnoc1. The predicted octanol–water partition coefficient (Wildman–Crippen LogP) is 2.83. The molecule has 2 atom stereocenters. The first kappa shape index (κ1) is 15.5. The molecule has 2 aromatic rings. The number of carboxylic acids is 1. The molecule has 0 bridgehead atoms. The molecule has 3 rings (SSSR count). The Balaban J connectivity index is 1.94. The van der Waals surface area contributed by atoms with E-state index >= 15 is 0 Å². The fourth-order valence-corrected chi connectivity index (χ4v) is 2.56. The monoisotopic (exact) mass is 332 g/mol. The molecule has 0 fully saturated rings. The fourth-order valence-electron chi connectivity index (χ4n) is 2.44. The Morgan fingerprint density at radius 1 is 1.39 bits per heavy atom. The van der Waals surface area contributed by atoms with Gasteiger partial charge in [-0.05, 0) is 23.8 Å². The molecule has 0 amide bonds. The van der Waals surface area contributed by atoms with Crippen molar-refractivity contribution in [2.75, 3.05) is 0 Å². The minimum absolute atomic E-state index is 0.141. The molecule has 0 aliphatic carbocycles. The van der Waals surface area contributed by atoms with E-state index in [2.05, 4.69) is 10.1 Å². The minimum Gasteiger partial charge on any atom is -0.480 e. The summed E-state index contributed by atoms with van der Waals surface area (Å²) in [4.78, 5) is 16.3. The first-order valence-electron chi connectivity index (χ1n) is 6.83. The maximum Gasteiger partial charge on any atom is 0.322 e. The zero-order valence-electron chi connectivity index (χ0n) is 11.9. The van der Waals surface area contributed by atoms with Crippen LogP contribution in [0.1, 0.15) is 11.1 Å². The third-order valence-corrected chi connectivity index (χ3v) is 3.88. The normalized spacial score (nSPS) is 23.1. The average molecular weight is 333 g/mol. The van der Waals surface area contributed by atoms with Crippen molar-refractivity contribution >= 4 is 23.8 Å². The Morgan fingerprint density at radius 2 is 2.17 bits per heavy atom. The van der Waals surface area contributed by atoms with Crippen LogP contribution in [0.15, 0.2) is 58.4 Å². The molecular formula is C16H13ClN2O4. The number of rotatable bonds is 5. The smallest absolute Gasteiger partial charge is 0.322 e. The highest BCUT2D eigenvalue weighted by Gasteiger charge is 2.47. The lowest BCUT2D eigenvalue weighted by atomic mass is 9.77. The molecular weight excluding hydrogens is 320 g/mol. The van der Waals surface area contributed by atoms with Crippen LogP contribution in [0.3, 0.4) is 0 Å². The van der Waals surface area contributed by atoms with Crippen LogP contribution in [0.2, 0.25) is 5.02 Å². The highest BCUT2D eigenvalue weighted by Crippen LogP contribution is 2.35. The van der Waals surface area contributed by atoms with E-state index in [1.807, 2.05) is 0 Å². The number of benzene rings is 1. The summed E-state index contributed by atoms with van der Waals surface area (Å²) >= 11 is 5.90. The highest BCUT2D eigenvalue weighted by molar-refractivity contribution is 6.30. The highest BCUT2D eigenvalue weighted by atomic mass is 35.5. The van der Waals surface area contributed by atoms with Crippen molar-refractivity contribution in [3.8, 4) is 0 Å². The summed E-state index contributed by atoms with van der Waals surface area (Å²) in [5, 5.41) is 14.0. The Bertz CT molecular complexity index is 740. The lowest BCUT2D eigenvalue weighted by Crippen LogP contribution is -2.46. The average Bonchev–Trinajstić information content (AvgIpc) is 3.07. The number of hydrogen-bond acceptors (Lipinski definition) is 5. The standard InChI is InChI=1S/C16H13ClN2O4/c17-13-4-2-12(3-5-13)16(15(20)21)6-1-7-18-14(16)22-9-11-8-19-23-10-11/h1-8,10,14H,9H2,(H,20,21). The minimum atomic E-state index is -1.42. The molecule has 0 radical (unpaired) electrons. The van der Waals surface area contributed by atoms with E-state index in [1.54, 1.807) is 36.4 Å². The molecule has 1 aliphatic heterocycles. The van der Waals surface area contributed by atoms with Gasteiger partial charge in [0, 0.05) is 16.8 Å². The summed E-state index contributed by atoms with van der Waals surface area (Å²) in [7, 11) is 0. The van der Waals surface area contributed by atoms with Gasteiger partial charge in [0.05, 0.1) is 12.8 Å². The number of halogens is 1. The van der Waals surface area contributed by atoms with E-state index in [1.165, 1.54) is 18.7 Å². The molecule has 1 N–H and O–H groups in total. The van der Waals surface area contributed by atoms with Gasteiger partial charge >= 0.3 is 5.97 Å². The number of nitrogens with zero attached hydrogens (tertiary/aromatic N) is 2. The van der Waals surface area contributed by atoms with Crippen molar-refractivity contribution in [3.05, 3.63) is 65.0 Å². The fraction of sp³-hybridized carbons (Fsp3) is 0.188. The third kappa shape index (κ3) is 2.91. The van der Waals surface area contributed by atoms with Gasteiger partial charge in [-0.15, -0.1) is 0 Å². The largest absolute Gasteiger partial charge is 0.480 e. The maximum absolute atomic E-state index is 12.1. The molecule has 23 heavy (non-hydrogen) atoms. The third-order valence-electron chi connectivity index (χ3n) is 3.62. The van der Waals surface area contributed by atoms with Gasteiger partial charge in [0.2, 0.25) is 0 Å². The van der Waals surface area contributed by atoms with E-state index in [-0.39, 0.29) is 6.61 Å². The summed E-state index contributed by atoms with van der Waals surface area (Å²) in [6, 6.07) is 6.62. The Kier molecular flexibility index (Phi) is 4.27. The van der Waals surface area contributed by atoms with Gasteiger partial charge in [0.1, 0.15) is 6.26 Å². The second-order valence-corrected chi connectivity index (χ2v) is 5.47. The molecule has 7 heteroatoms. The van der Waals surface area contributed by atoms with Crippen LogP contribution in [0.4, 0.5) is 0 Å². The number of dihydropyridines is 1. The number of allylic oxidation sites excluding steroid dienone is 1. The molecule has 2 heterocycles. The number of aromatic nitrogens is 1. The quantitative estimate of drug-likeness (QED) is 0.910. The van der Waals surface area contributed by atoms with Crippen LogP contribution in [0.25, 0.3) is 0 Å². The van der Waals surface area contributed by atoms with E-state index in [4.69, 9.17) is 20.9 Å². The molecule has 0 spiro atoms. The Morgan fingerprint density at radius 3 is 2.83 bits per heavy atom. The van der Waals surface area contributed by atoms with Crippen molar-refractivity contribution in [3.63, 3.8) is 0 Å². The van der Waals surface area contributed by atoms with Crippen molar-refractivity contribution < 1.29 is 19.2 Å². The topological polar surface area (TPSA) is 84.9 Å². The first-order chi connectivity index (χ1) is 11.1.